The van der Waals surface area contributed by atoms with Crippen LogP contribution in [-0.4, -0.2) is 4.98 Å². The van der Waals surface area contributed by atoms with Crippen LogP contribution in [0.1, 0.15) is 44.4 Å². The molecule has 0 fully saturated rings. The number of aromatic nitrogens is 1. The summed E-state index contributed by atoms with van der Waals surface area (Å²) in [7, 11) is 0. The zero-order valence-corrected chi connectivity index (χ0v) is 13.3. The molecule has 1 aromatic carbocycles. The van der Waals surface area contributed by atoms with Crippen LogP contribution in [0.3, 0.4) is 0 Å². The fraction of sp³-hybridized carbons (Fsp3) is 0.389. The van der Waals surface area contributed by atoms with Gasteiger partial charge in [-0.25, -0.2) is 4.98 Å². The number of rotatable bonds is 4. The lowest BCUT2D eigenvalue weighted by molar-refractivity contribution is 0.439. The summed E-state index contributed by atoms with van der Waals surface area (Å²) in [5.41, 5.74) is 9.21. The van der Waals surface area contributed by atoms with Gasteiger partial charge in [-0.1, -0.05) is 39.8 Å². The van der Waals surface area contributed by atoms with Crippen LogP contribution in [0.5, 0.6) is 11.6 Å². The van der Waals surface area contributed by atoms with E-state index < -0.39 is 0 Å². The van der Waals surface area contributed by atoms with Gasteiger partial charge in [0.1, 0.15) is 5.75 Å². The van der Waals surface area contributed by atoms with Gasteiger partial charge in [0.05, 0.1) is 0 Å². The Balaban J connectivity index is 2.39. The molecule has 0 aliphatic rings. The van der Waals surface area contributed by atoms with E-state index in [0.29, 0.717) is 12.4 Å². The minimum absolute atomic E-state index is 0.0198. The Bertz CT molecular complexity index is 615. The van der Waals surface area contributed by atoms with Crippen molar-refractivity contribution in [1.82, 2.24) is 4.98 Å². The number of pyridine rings is 1. The highest BCUT2D eigenvalue weighted by Gasteiger charge is 2.20. The fourth-order valence-corrected chi connectivity index (χ4v) is 2.22. The summed E-state index contributed by atoms with van der Waals surface area (Å²) in [5.74, 6) is 1.45. The van der Waals surface area contributed by atoms with Gasteiger partial charge in [-0.15, -0.1) is 0 Å². The molecule has 21 heavy (non-hydrogen) atoms. The molecule has 1 aromatic heterocycles. The first kappa shape index (κ1) is 15.5. The number of benzene rings is 1. The lowest BCUT2D eigenvalue weighted by atomic mass is 9.85. The van der Waals surface area contributed by atoms with E-state index >= 15 is 0 Å². The van der Waals surface area contributed by atoms with E-state index in [9.17, 15) is 0 Å². The first-order valence-electron chi connectivity index (χ1n) is 7.40. The van der Waals surface area contributed by atoms with Gasteiger partial charge in [-0.2, -0.15) is 0 Å². The Morgan fingerprint density at radius 3 is 2.48 bits per heavy atom. The number of hydrogen-bond donors (Lipinski definition) is 1. The van der Waals surface area contributed by atoms with Gasteiger partial charge < -0.3 is 10.5 Å². The maximum Gasteiger partial charge on any atom is 0.219 e. The maximum atomic E-state index is 6.01. The number of hydrogen-bond acceptors (Lipinski definition) is 3. The molecule has 0 radical (unpaired) electrons. The van der Waals surface area contributed by atoms with Crippen LogP contribution in [0, 0.1) is 0 Å². The van der Waals surface area contributed by atoms with E-state index in [1.165, 1.54) is 11.1 Å². The summed E-state index contributed by atoms with van der Waals surface area (Å²) in [6.45, 7) is 9.23. The molecule has 0 bridgehead atoms. The third-order valence-corrected chi connectivity index (χ3v) is 3.51. The Morgan fingerprint density at radius 1 is 1.10 bits per heavy atom. The second kappa shape index (κ2) is 6.27. The summed E-state index contributed by atoms with van der Waals surface area (Å²) in [6.07, 6.45) is 2.75. The highest BCUT2D eigenvalue weighted by molar-refractivity contribution is 5.43. The van der Waals surface area contributed by atoms with Gasteiger partial charge in [0, 0.05) is 24.4 Å². The quantitative estimate of drug-likeness (QED) is 0.915. The molecule has 0 aliphatic carbocycles. The first-order chi connectivity index (χ1) is 9.94. The molecule has 0 aliphatic heterocycles. The van der Waals surface area contributed by atoms with Crippen LogP contribution in [0.15, 0.2) is 36.5 Å². The number of ether oxygens (including phenoxy) is 1. The zero-order chi connectivity index (χ0) is 15.5. The van der Waals surface area contributed by atoms with E-state index in [1.807, 2.05) is 18.2 Å². The lowest BCUT2D eigenvalue weighted by Gasteiger charge is -2.23. The van der Waals surface area contributed by atoms with Crippen LogP contribution >= 0.6 is 0 Å². The monoisotopic (exact) mass is 284 g/mol. The molecule has 0 spiro atoms. The summed E-state index contributed by atoms with van der Waals surface area (Å²) in [4.78, 5) is 4.27. The predicted octanol–water partition coefficient (Wildman–Crippen LogP) is 4.19. The molecule has 0 atom stereocenters. The maximum absolute atomic E-state index is 6.01. The third kappa shape index (κ3) is 3.82. The third-order valence-electron chi connectivity index (χ3n) is 3.51. The number of aryl methyl sites for hydroxylation is 1. The topological polar surface area (TPSA) is 48.1 Å². The second-order valence-corrected chi connectivity index (χ2v) is 6.24. The minimum Gasteiger partial charge on any atom is -0.439 e. The van der Waals surface area contributed by atoms with E-state index in [2.05, 4.69) is 44.8 Å². The molecule has 0 unspecified atom stereocenters. The second-order valence-electron chi connectivity index (χ2n) is 6.24. The average molecular weight is 284 g/mol. The number of nitrogens with two attached hydrogens (primary N) is 1. The van der Waals surface area contributed by atoms with Crippen molar-refractivity contribution in [3.8, 4) is 11.6 Å². The van der Waals surface area contributed by atoms with Crippen molar-refractivity contribution in [2.45, 2.75) is 46.1 Å². The highest BCUT2D eigenvalue weighted by atomic mass is 16.5. The molecular formula is C18H24N2O. The van der Waals surface area contributed by atoms with Crippen molar-refractivity contribution in [2.75, 3.05) is 0 Å². The molecule has 3 heteroatoms. The Hall–Kier alpha value is -1.87. The van der Waals surface area contributed by atoms with E-state index in [-0.39, 0.29) is 5.41 Å². The zero-order valence-electron chi connectivity index (χ0n) is 13.3. The summed E-state index contributed by atoms with van der Waals surface area (Å²) in [6, 6.07) is 10.2. The molecule has 112 valence electrons. The van der Waals surface area contributed by atoms with E-state index in [4.69, 9.17) is 10.5 Å². The Kier molecular flexibility index (Phi) is 4.63. The predicted molar refractivity (Wildman–Crippen MR) is 86.7 cm³/mol. The van der Waals surface area contributed by atoms with Crippen LogP contribution in [0.2, 0.25) is 0 Å². The van der Waals surface area contributed by atoms with Gasteiger partial charge >= 0.3 is 0 Å². The smallest absolute Gasteiger partial charge is 0.219 e. The normalized spacial score (nSPS) is 11.5. The van der Waals surface area contributed by atoms with Crippen molar-refractivity contribution in [3.63, 3.8) is 0 Å². The molecule has 3 nitrogen and oxygen atoms in total. The van der Waals surface area contributed by atoms with Crippen molar-refractivity contribution < 1.29 is 4.74 Å². The summed E-state index contributed by atoms with van der Waals surface area (Å²) >= 11 is 0. The van der Waals surface area contributed by atoms with Gasteiger partial charge in [0.2, 0.25) is 5.88 Å². The van der Waals surface area contributed by atoms with Gasteiger partial charge in [0.15, 0.2) is 0 Å². The first-order valence-corrected chi connectivity index (χ1v) is 7.40. The molecular weight excluding hydrogens is 260 g/mol. The Morgan fingerprint density at radius 2 is 1.86 bits per heavy atom. The van der Waals surface area contributed by atoms with Crippen LogP contribution in [-0.2, 0) is 18.4 Å². The summed E-state index contributed by atoms with van der Waals surface area (Å²) < 4.78 is 6.01. The van der Waals surface area contributed by atoms with Crippen molar-refractivity contribution >= 4 is 0 Å². The average Bonchev–Trinajstić information content (AvgIpc) is 2.46. The van der Waals surface area contributed by atoms with Gasteiger partial charge in [0.25, 0.3) is 0 Å². The van der Waals surface area contributed by atoms with Crippen molar-refractivity contribution in [1.29, 1.82) is 0 Å². The van der Waals surface area contributed by atoms with Crippen molar-refractivity contribution in [3.05, 3.63) is 53.2 Å². The summed E-state index contributed by atoms with van der Waals surface area (Å²) in [5, 5.41) is 0. The molecule has 0 saturated carbocycles. The fourth-order valence-electron chi connectivity index (χ4n) is 2.22. The Labute approximate surface area is 127 Å². The molecule has 0 amide bonds. The van der Waals surface area contributed by atoms with Gasteiger partial charge in [-0.05, 0) is 35.1 Å². The molecule has 1 heterocycles. The van der Waals surface area contributed by atoms with Crippen molar-refractivity contribution in [2.24, 2.45) is 5.73 Å². The minimum atomic E-state index is 0.0198. The SMILES string of the molecule is CCc1ccc(Oc2cc(CN)ccn2)c(C(C)(C)C)c1. The molecule has 2 N–H and O–H groups in total. The molecule has 2 rings (SSSR count). The van der Waals surface area contributed by atoms with Gasteiger partial charge in [-0.3, -0.25) is 0 Å². The number of nitrogens with zero attached hydrogens (tertiary/aromatic N) is 1. The standard InChI is InChI=1S/C18H24N2O/c1-5-13-6-7-16(15(10-13)18(2,3)4)21-17-11-14(12-19)8-9-20-17/h6-11H,5,12,19H2,1-4H3. The van der Waals surface area contributed by atoms with E-state index in [1.54, 1.807) is 6.20 Å². The molecule has 0 saturated heterocycles. The van der Waals surface area contributed by atoms with E-state index in [0.717, 1.165) is 17.7 Å². The molecule has 2 aromatic rings. The highest BCUT2D eigenvalue weighted by Crippen LogP contribution is 2.34. The van der Waals surface area contributed by atoms with Crippen LogP contribution < -0.4 is 10.5 Å². The lowest BCUT2D eigenvalue weighted by Crippen LogP contribution is -2.13. The van der Waals surface area contributed by atoms with Crippen LogP contribution in [0.4, 0.5) is 0 Å². The van der Waals surface area contributed by atoms with Crippen LogP contribution in [0.25, 0.3) is 0 Å². The largest absolute Gasteiger partial charge is 0.439 e.